The predicted molar refractivity (Wildman–Crippen MR) is 110 cm³/mol. The Hall–Kier alpha value is -2.74. The Morgan fingerprint density at radius 2 is 1.60 bits per heavy atom. The lowest BCUT2D eigenvalue weighted by atomic mass is 10.00. The predicted octanol–water partition coefficient (Wildman–Crippen LogP) is 5.70. The van der Waals surface area contributed by atoms with Crippen LogP contribution in [0.4, 0.5) is 5.69 Å². The molecular weight excluding hydrogens is 306 g/mol. The van der Waals surface area contributed by atoms with Crippen molar-refractivity contribution in [3.63, 3.8) is 0 Å². The quantitative estimate of drug-likeness (QED) is 0.568. The summed E-state index contributed by atoms with van der Waals surface area (Å²) in [6.07, 6.45) is 4.34. The second-order valence-electron chi connectivity index (χ2n) is 6.61. The molecule has 0 spiro atoms. The zero-order valence-corrected chi connectivity index (χ0v) is 15.6. The first-order chi connectivity index (χ1) is 12.0. The van der Waals surface area contributed by atoms with Crippen LogP contribution in [0.3, 0.4) is 0 Å². The zero-order valence-electron chi connectivity index (χ0n) is 15.6. The van der Waals surface area contributed by atoms with Crippen LogP contribution in [0.2, 0.25) is 0 Å². The molecule has 0 aliphatic rings. The molecule has 0 radical (unpaired) electrons. The fourth-order valence-corrected chi connectivity index (χ4v) is 3.19. The molecule has 3 rings (SSSR count). The van der Waals surface area contributed by atoms with E-state index < -0.39 is 0 Å². The fraction of sp³-hybridized carbons (Fsp3) is 0.217. The Labute approximate surface area is 150 Å². The van der Waals surface area contributed by atoms with Crippen LogP contribution in [0.25, 0.3) is 22.9 Å². The van der Waals surface area contributed by atoms with Gasteiger partial charge in [-0.15, -0.1) is 0 Å². The van der Waals surface area contributed by atoms with E-state index in [4.69, 9.17) is 4.74 Å². The van der Waals surface area contributed by atoms with E-state index in [0.717, 1.165) is 11.3 Å². The molecule has 0 amide bonds. The summed E-state index contributed by atoms with van der Waals surface area (Å²) in [5.41, 5.74) is 6.05. The van der Waals surface area contributed by atoms with Crippen LogP contribution in [0.5, 0.6) is 5.75 Å². The molecule has 0 aliphatic heterocycles. The molecule has 0 aliphatic carbocycles. The highest BCUT2D eigenvalue weighted by Gasteiger charge is 2.06. The summed E-state index contributed by atoms with van der Waals surface area (Å²) >= 11 is 0. The molecule has 25 heavy (non-hydrogen) atoms. The molecule has 2 nitrogen and oxygen atoms in total. The molecule has 128 valence electrons. The molecule has 0 saturated carbocycles. The van der Waals surface area contributed by atoms with E-state index in [-0.39, 0.29) is 0 Å². The van der Waals surface area contributed by atoms with Gasteiger partial charge in [0.1, 0.15) is 5.75 Å². The standard InChI is InChI=1S/C23H25NO/c1-16-14-18(15-23(25-5)17(16)2)10-11-19-12-13-22(24(3)4)21-9-7-6-8-20(19)21/h6-15H,1-5H3/b11-10+. The number of methoxy groups -OCH3 is 1. The van der Waals surface area contributed by atoms with E-state index in [9.17, 15) is 0 Å². The van der Waals surface area contributed by atoms with Crippen LogP contribution >= 0.6 is 0 Å². The third-order valence-corrected chi connectivity index (χ3v) is 4.73. The normalized spacial score (nSPS) is 11.2. The molecule has 0 N–H and O–H groups in total. The summed E-state index contributed by atoms with van der Waals surface area (Å²) in [6, 6.07) is 17.2. The molecule has 0 heterocycles. The van der Waals surface area contributed by atoms with Crippen LogP contribution in [-0.4, -0.2) is 21.2 Å². The first-order valence-corrected chi connectivity index (χ1v) is 8.53. The van der Waals surface area contributed by atoms with Gasteiger partial charge in [-0.1, -0.05) is 48.6 Å². The van der Waals surface area contributed by atoms with E-state index in [1.807, 2.05) is 0 Å². The summed E-state index contributed by atoms with van der Waals surface area (Å²) in [5.74, 6) is 0.937. The third kappa shape index (κ3) is 3.39. The number of benzene rings is 3. The fourth-order valence-electron chi connectivity index (χ4n) is 3.19. The van der Waals surface area contributed by atoms with E-state index in [0.29, 0.717) is 0 Å². The monoisotopic (exact) mass is 331 g/mol. The smallest absolute Gasteiger partial charge is 0.122 e. The highest BCUT2D eigenvalue weighted by Crippen LogP contribution is 2.30. The van der Waals surface area contributed by atoms with Gasteiger partial charge >= 0.3 is 0 Å². The van der Waals surface area contributed by atoms with Crippen molar-refractivity contribution in [3.8, 4) is 5.75 Å². The number of ether oxygens (including phenoxy) is 1. The Morgan fingerprint density at radius 1 is 0.880 bits per heavy atom. The van der Waals surface area contributed by atoms with Gasteiger partial charge in [0.15, 0.2) is 0 Å². The molecule has 0 aromatic heterocycles. The highest BCUT2D eigenvalue weighted by atomic mass is 16.5. The topological polar surface area (TPSA) is 12.5 Å². The molecule has 3 aromatic rings. The zero-order chi connectivity index (χ0) is 18.0. The van der Waals surface area contributed by atoms with E-state index >= 15 is 0 Å². The lowest BCUT2D eigenvalue weighted by Crippen LogP contribution is -2.09. The first-order valence-electron chi connectivity index (χ1n) is 8.53. The Bertz CT molecular complexity index is 938. The maximum absolute atomic E-state index is 5.49. The van der Waals surface area contributed by atoms with E-state index in [1.165, 1.54) is 33.2 Å². The average molecular weight is 331 g/mol. The van der Waals surface area contributed by atoms with Gasteiger partial charge in [-0.3, -0.25) is 0 Å². The van der Waals surface area contributed by atoms with Gasteiger partial charge in [-0.05, 0) is 53.6 Å². The van der Waals surface area contributed by atoms with Crippen molar-refractivity contribution in [1.82, 2.24) is 0 Å². The number of hydrogen-bond donors (Lipinski definition) is 0. The summed E-state index contributed by atoms with van der Waals surface area (Å²) in [4.78, 5) is 2.16. The maximum atomic E-state index is 5.49. The van der Waals surface area contributed by atoms with Gasteiger partial charge < -0.3 is 9.64 Å². The van der Waals surface area contributed by atoms with Gasteiger partial charge in [-0.25, -0.2) is 0 Å². The van der Waals surface area contributed by atoms with Crippen LogP contribution in [-0.2, 0) is 0 Å². The number of anilines is 1. The average Bonchev–Trinajstić information content (AvgIpc) is 2.62. The molecular formula is C23H25NO. The maximum Gasteiger partial charge on any atom is 0.122 e. The van der Waals surface area contributed by atoms with Crippen LogP contribution < -0.4 is 9.64 Å². The minimum absolute atomic E-state index is 0.937. The lowest BCUT2D eigenvalue weighted by molar-refractivity contribution is 0.411. The van der Waals surface area contributed by atoms with Crippen molar-refractivity contribution in [1.29, 1.82) is 0 Å². The van der Waals surface area contributed by atoms with Crippen molar-refractivity contribution in [3.05, 3.63) is 70.8 Å². The van der Waals surface area contributed by atoms with Crippen molar-refractivity contribution < 1.29 is 4.74 Å². The van der Waals surface area contributed by atoms with Gasteiger partial charge in [-0.2, -0.15) is 0 Å². The summed E-state index contributed by atoms with van der Waals surface area (Å²) in [6.45, 7) is 4.21. The van der Waals surface area contributed by atoms with Crippen molar-refractivity contribution in [2.24, 2.45) is 0 Å². The number of fused-ring (bicyclic) bond motifs is 1. The van der Waals surface area contributed by atoms with Crippen LogP contribution in [0, 0.1) is 13.8 Å². The Balaban J connectivity index is 2.06. The summed E-state index contributed by atoms with van der Waals surface area (Å²) in [7, 11) is 5.89. The molecule has 0 atom stereocenters. The molecule has 0 saturated heterocycles. The van der Waals surface area contributed by atoms with Gasteiger partial charge in [0.25, 0.3) is 0 Å². The molecule has 3 aromatic carbocycles. The second kappa shape index (κ2) is 7.02. The molecule has 0 fully saturated rings. The van der Waals surface area contributed by atoms with Crippen LogP contribution in [0.1, 0.15) is 22.3 Å². The van der Waals surface area contributed by atoms with Gasteiger partial charge in [0, 0.05) is 25.2 Å². The summed E-state index contributed by atoms with van der Waals surface area (Å²) < 4.78 is 5.49. The van der Waals surface area contributed by atoms with Crippen LogP contribution in [0.15, 0.2) is 48.5 Å². The minimum Gasteiger partial charge on any atom is -0.496 e. The number of rotatable bonds is 4. The van der Waals surface area contributed by atoms with E-state index in [2.05, 4.69) is 93.5 Å². The Kier molecular flexibility index (Phi) is 4.80. The minimum atomic E-state index is 0.937. The first kappa shape index (κ1) is 17.1. The lowest BCUT2D eigenvalue weighted by Gasteiger charge is -2.16. The van der Waals surface area contributed by atoms with Crippen molar-refractivity contribution in [2.45, 2.75) is 13.8 Å². The molecule has 0 bridgehead atoms. The Morgan fingerprint density at radius 3 is 2.28 bits per heavy atom. The SMILES string of the molecule is COc1cc(/C=C/c2ccc(N(C)C)c3ccccc23)cc(C)c1C. The van der Waals surface area contributed by atoms with Gasteiger partial charge in [0.05, 0.1) is 7.11 Å². The number of aryl methyl sites for hydroxylation is 1. The second-order valence-corrected chi connectivity index (χ2v) is 6.61. The third-order valence-electron chi connectivity index (χ3n) is 4.73. The summed E-state index contributed by atoms with van der Waals surface area (Å²) in [5, 5.41) is 2.54. The van der Waals surface area contributed by atoms with E-state index in [1.54, 1.807) is 7.11 Å². The number of nitrogens with zero attached hydrogens (tertiary/aromatic N) is 1. The number of hydrogen-bond acceptors (Lipinski definition) is 2. The van der Waals surface area contributed by atoms with Crippen molar-refractivity contribution >= 4 is 28.6 Å². The molecule has 2 heteroatoms. The van der Waals surface area contributed by atoms with Crippen molar-refractivity contribution in [2.75, 3.05) is 26.1 Å². The van der Waals surface area contributed by atoms with Gasteiger partial charge in [0.2, 0.25) is 0 Å². The molecule has 0 unspecified atom stereocenters. The highest BCUT2D eigenvalue weighted by molar-refractivity contribution is 6.00. The largest absolute Gasteiger partial charge is 0.496 e.